The Bertz CT molecular complexity index is 1330. The summed E-state index contributed by atoms with van der Waals surface area (Å²) in [4.78, 5) is 17.7. The first-order chi connectivity index (χ1) is 19.0. The monoisotopic (exact) mass is 543 g/mol. The van der Waals surface area contributed by atoms with Crippen LogP contribution in [-0.4, -0.2) is 53.5 Å². The molecule has 0 atom stereocenters. The van der Waals surface area contributed by atoms with Gasteiger partial charge in [0.1, 0.15) is 17.8 Å². The van der Waals surface area contributed by atoms with Crippen molar-refractivity contribution in [2.24, 2.45) is 0 Å². The summed E-state index contributed by atoms with van der Waals surface area (Å²) in [6.45, 7) is 4.36. The number of likely N-dealkylation sites (tertiary alicyclic amines) is 1. The highest BCUT2D eigenvalue weighted by molar-refractivity contribution is 6.30. The van der Waals surface area contributed by atoms with Crippen molar-refractivity contribution in [2.45, 2.75) is 25.2 Å². The van der Waals surface area contributed by atoms with E-state index in [9.17, 15) is 9.90 Å². The fourth-order valence-corrected chi connectivity index (χ4v) is 5.32. The van der Waals surface area contributed by atoms with Gasteiger partial charge in [-0.05, 0) is 79.7 Å². The van der Waals surface area contributed by atoms with Crippen LogP contribution >= 0.6 is 11.6 Å². The molecule has 1 saturated heterocycles. The average Bonchev–Trinajstić information content (AvgIpc) is 2.97. The normalized spacial score (nSPS) is 16.0. The van der Waals surface area contributed by atoms with Crippen molar-refractivity contribution in [3.05, 3.63) is 119 Å². The molecule has 6 nitrogen and oxygen atoms in total. The molecule has 0 radical (unpaired) electrons. The van der Waals surface area contributed by atoms with Gasteiger partial charge in [0.05, 0.1) is 0 Å². The molecule has 0 spiro atoms. The summed E-state index contributed by atoms with van der Waals surface area (Å²) in [5.74, 6) is 1.31. The zero-order valence-corrected chi connectivity index (χ0v) is 22.7. The third-order valence-electron chi connectivity index (χ3n) is 7.38. The SMILES string of the molecule is O=C(NCCc1ccc(Cl)cc1)c1ccccc1C1CCN(CCN2C=COC(c3cccc(O)c3)=C2)CC1. The molecule has 2 N–H and O–H groups in total. The van der Waals surface area contributed by atoms with Gasteiger partial charge < -0.3 is 25.0 Å². The Morgan fingerprint density at radius 1 is 1.00 bits per heavy atom. The molecule has 1 fully saturated rings. The van der Waals surface area contributed by atoms with Crippen molar-refractivity contribution < 1.29 is 14.6 Å². The van der Waals surface area contributed by atoms with E-state index in [4.69, 9.17) is 16.3 Å². The van der Waals surface area contributed by atoms with Crippen LogP contribution in [0, 0.1) is 0 Å². The second-order valence-corrected chi connectivity index (χ2v) is 10.5. The number of benzene rings is 3. The quantitative estimate of drug-likeness (QED) is 0.346. The molecule has 0 unspecified atom stereocenters. The van der Waals surface area contributed by atoms with Crippen molar-refractivity contribution in [1.82, 2.24) is 15.1 Å². The number of ether oxygens (including phenoxy) is 1. The average molecular weight is 544 g/mol. The standard InChI is InChI=1S/C32H34ClN3O3/c33-27-10-8-24(9-11-27)12-15-34-32(38)30-7-2-1-6-29(30)25-13-16-35(17-14-25)18-19-36-20-21-39-31(23-36)26-4-3-5-28(37)22-26/h1-11,20-23,25,37H,12-19H2,(H,34,38). The lowest BCUT2D eigenvalue weighted by Gasteiger charge is -2.34. The van der Waals surface area contributed by atoms with E-state index in [1.165, 1.54) is 0 Å². The van der Waals surface area contributed by atoms with E-state index in [2.05, 4.69) is 21.2 Å². The highest BCUT2D eigenvalue weighted by Gasteiger charge is 2.24. The van der Waals surface area contributed by atoms with Gasteiger partial charge in [-0.3, -0.25) is 4.79 Å². The molecule has 5 rings (SSSR count). The summed E-state index contributed by atoms with van der Waals surface area (Å²) in [6.07, 6.45) is 8.41. The van der Waals surface area contributed by atoms with Crippen molar-refractivity contribution in [3.63, 3.8) is 0 Å². The highest BCUT2D eigenvalue weighted by atomic mass is 35.5. The minimum atomic E-state index is -0.00424. The van der Waals surface area contributed by atoms with Gasteiger partial charge >= 0.3 is 0 Å². The van der Waals surface area contributed by atoms with Crippen LogP contribution < -0.4 is 5.32 Å². The molecule has 7 heteroatoms. The maximum Gasteiger partial charge on any atom is 0.251 e. The number of piperidine rings is 1. The Hall–Kier alpha value is -3.74. The van der Waals surface area contributed by atoms with Crippen LogP contribution in [0.4, 0.5) is 0 Å². The molecule has 202 valence electrons. The predicted octanol–water partition coefficient (Wildman–Crippen LogP) is 6.00. The van der Waals surface area contributed by atoms with Crippen LogP contribution in [0.15, 0.2) is 91.5 Å². The number of carbonyl (C=O) groups excluding carboxylic acids is 1. The van der Waals surface area contributed by atoms with Gasteiger partial charge in [0, 0.05) is 48.2 Å². The summed E-state index contributed by atoms with van der Waals surface area (Å²) < 4.78 is 5.66. The van der Waals surface area contributed by atoms with Crippen LogP contribution in [0.1, 0.15) is 45.8 Å². The summed E-state index contributed by atoms with van der Waals surface area (Å²) in [6, 6.07) is 22.9. The molecule has 3 aromatic rings. The summed E-state index contributed by atoms with van der Waals surface area (Å²) in [7, 11) is 0. The zero-order chi connectivity index (χ0) is 27.0. The predicted molar refractivity (Wildman–Crippen MR) is 155 cm³/mol. The highest BCUT2D eigenvalue weighted by Crippen LogP contribution is 2.31. The van der Waals surface area contributed by atoms with Crippen LogP contribution in [-0.2, 0) is 11.2 Å². The number of phenols is 1. The molecule has 0 saturated carbocycles. The largest absolute Gasteiger partial charge is 0.508 e. The molecule has 2 aliphatic rings. The van der Waals surface area contributed by atoms with E-state index in [1.54, 1.807) is 18.4 Å². The Kier molecular flexibility index (Phi) is 8.86. The van der Waals surface area contributed by atoms with Crippen molar-refractivity contribution in [1.29, 1.82) is 0 Å². The van der Waals surface area contributed by atoms with E-state index in [-0.39, 0.29) is 11.7 Å². The van der Waals surface area contributed by atoms with Crippen LogP contribution in [0.3, 0.4) is 0 Å². The lowest BCUT2D eigenvalue weighted by Crippen LogP contribution is -2.38. The molecule has 0 bridgehead atoms. The lowest BCUT2D eigenvalue weighted by atomic mass is 9.86. The van der Waals surface area contributed by atoms with Gasteiger partial charge in [-0.1, -0.05) is 54.1 Å². The van der Waals surface area contributed by atoms with Crippen LogP contribution in [0.25, 0.3) is 5.76 Å². The molecular formula is C32H34ClN3O3. The number of hydrogen-bond acceptors (Lipinski definition) is 5. The third-order valence-corrected chi connectivity index (χ3v) is 7.63. The topological polar surface area (TPSA) is 65.0 Å². The van der Waals surface area contributed by atoms with E-state index in [1.807, 2.05) is 67.0 Å². The number of carbonyl (C=O) groups is 1. The Labute approximate surface area is 235 Å². The molecule has 3 aromatic carbocycles. The van der Waals surface area contributed by atoms with Crippen LogP contribution in [0.5, 0.6) is 5.75 Å². The van der Waals surface area contributed by atoms with Crippen molar-refractivity contribution >= 4 is 23.3 Å². The molecular weight excluding hydrogens is 510 g/mol. The number of halogens is 1. The number of nitrogens with one attached hydrogen (secondary N) is 1. The fraction of sp³-hybridized carbons (Fsp3) is 0.281. The number of amides is 1. The first kappa shape index (κ1) is 26.9. The number of nitrogens with zero attached hydrogens (tertiary/aromatic N) is 2. The second kappa shape index (κ2) is 12.9. The molecule has 2 heterocycles. The van der Waals surface area contributed by atoms with Crippen LogP contribution in [0.2, 0.25) is 5.02 Å². The molecule has 2 aliphatic heterocycles. The van der Waals surface area contributed by atoms with Gasteiger partial charge in [-0.2, -0.15) is 0 Å². The first-order valence-electron chi connectivity index (χ1n) is 13.5. The van der Waals surface area contributed by atoms with Gasteiger partial charge in [0.25, 0.3) is 5.91 Å². The van der Waals surface area contributed by atoms with Gasteiger partial charge in [0.2, 0.25) is 0 Å². The van der Waals surface area contributed by atoms with Crippen molar-refractivity contribution in [2.75, 3.05) is 32.7 Å². The molecule has 0 aromatic heterocycles. The molecule has 0 aliphatic carbocycles. The first-order valence-corrected chi connectivity index (χ1v) is 13.9. The lowest BCUT2D eigenvalue weighted by molar-refractivity contribution is 0.0951. The third kappa shape index (κ3) is 7.22. The summed E-state index contributed by atoms with van der Waals surface area (Å²) in [5.41, 5.74) is 3.93. The van der Waals surface area contributed by atoms with Gasteiger partial charge in [0.15, 0.2) is 0 Å². The number of phenolic OH excluding ortho intramolecular Hbond substituents is 1. The summed E-state index contributed by atoms with van der Waals surface area (Å²) in [5, 5.41) is 13.6. The van der Waals surface area contributed by atoms with Crippen molar-refractivity contribution in [3.8, 4) is 5.75 Å². The number of hydrogen-bond donors (Lipinski definition) is 2. The number of rotatable bonds is 9. The minimum Gasteiger partial charge on any atom is -0.508 e. The fourth-order valence-electron chi connectivity index (χ4n) is 5.20. The zero-order valence-electron chi connectivity index (χ0n) is 21.9. The molecule has 39 heavy (non-hydrogen) atoms. The van der Waals surface area contributed by atoms with E-state index in [0.717, 1.165) is 78.5 Å². The summed E-state index contributed by atoms with van der Waals surface area (Å²) >= 11 is 5.97. The van der Waals surface area contributed by atoms with E-state index >= 15 is 0 Å². The minimum absolute atomic E-state index is 0.00424. The Morgan fingerprint density at radius 2 is 1.79 bits per heavy atom. The van der Waals surface area contributed by atoms with Gasteiger partial charge in [-0.15, -0.1) is 0 Å². The maximum absolute atomic E-state index is 13.1. The Morgan fingerprint density at radius 3 is 2.59 bits per heavy atom. The van der Waals surface area contributed by atoms with Gasteiger partial charge in [-0.25, -0.2) is 0 Å². The Balaban J connectivity index is 1.11. The van der Waals surface area contributed by atoms with E-state index < -0.39 is 0 Å². The second-order valence-electron chi connectivity index (χ2n) is 10.0. The smallest absolute Gasteiger partial charge is 0.251 e. The van der Waals surface area contributed by atoms with E-state index in [0.29, 0.717) is 12.5 Å². The maximum atomic E-state index is 13.1. The molecule has 1 amide bonds. The number of aromatic hydroxyl groups is 1.